The van der Waals surface area contributed by atoms with Crippen molar-refractivity contribution in [3.8, 4) is 11.5 Å². The van der Waals surface area contributed by atoms with E-state index in [9.17, 15) is 25.1 Å². The molecule has 0 spiro atoms. The van der Waals surface area contributed by atoms with Crippen LogP contribution in [0.15, 0.2) is 84.6 Å². The van der Waals surface area contributed by atoms with E-state index < -0.39 is 22.7 Å². The smallest absolute Gasteiger partial charge is 0.269 e. The van der Waals surface area contributed by atoms with Crippen LogP contribution >= 0.6 is 0 Å². The molecule has 0 unspecified atom stereocenters. The molecule has 56 heavy (non-hydrogen) atoms. The Kier molecular flexibility index (Phi) is 14.0. The van der Waals surface area contributed by atoms with Crippen LogP contribution in [-0.4, -0.2) is 76.5 Å². The second kappa shape index (κ2) is 19.1. The van der Waals surface area contributed by atoms with Gasteiger partial charge in [0, 0.05) is 55.7 Å². The van der Waals surface area contributed by atoms with Gasteiger partial charge in [0.25, 0.3) is 5.69 Å². The minimum Gasteiger partial charge on any atom is -0.490 e. The van der Waals surface area contributed by atoms with Gasteiger partial charge in [0.15, 0.2) is 0 Å². The average molecular weight is 772 g/mol. The summed E-state index contributed by atoms with van der Waals surface area (Å²) in [5, 5.41) is 35.8. The van der Waals surface area contributed by atoms with Crippen LogP contribution in [0, 0.1) is 33.8 Å². The number of carbonyl (C=O) groups is 1. The zero-order valence-electron chi connectivity index (χ0n) is 32.6. The molecular weight excluding hydrogens is 714 g/mol. The monoisotopic (exact) mass is 771 g/mol. The van der Waals surface area contributed by atoms with Crippen molar-refractivity contribution >= 4 is 17.3 Å². The van der Waals surface area contributed by atoms with E-state index in [0.717, 1.165) is 61.6 Å². The van der Waals surface area contributed by atoms with Gasteiger partial charge in [0.2, 0.25) is 11.7 Å². The number of hydrogen-bond donors (Lipinski definition) is 2. The number of nitrogens with zero attached hydrogens (tertiary/aromatic N) is 3. The highest BCUT2D eigenvalue weighted by molar-refractivity contribution is 6.03. The highest BCUT2D eigenvalue weighted by atomic mass is 16.7. The van der Waals surface area contributed by atoms with Crippen LogP contribution < -0.4 is 9.47 Å². The molecule has 2 aromatic rings. The van der Waals surface area contributed by atoms with Crippen LogP contribution in [0.4, 0.5) is 5.69 Å². The first-order chi connectivity index (χ1) is 27.3. The van der Waals surface area contributed by atoms with Crippen molar-refractivity contribution in [2.45, 2.75) is 95.5 Å². The number of hydrogen-bond acceptors (Lipinski definition) is 10. The number of non-ortho nitro benzene ring substituents is 1. The molecule has 2 fully saturated rings. The average Bonchev–Trinajstić information content (AvgIpc) is 4.06. The van der Waals surface area contributed by atoms with Crippen molar-refractivity contribution in [2.75, 3.05) is 33.0 Å². The normalized spacial score (nSPS) is 25.6. The standard InChI is InChI=1S/C44H57N3O9/c1-4-21-46(43(50)31-15-16-31)40-28-38(45-55-29-30-13-17-33(18-14-30)47(51)52)36-26-32(11-7-9-22-48)35(12-8-10-23-49)41-37-27-34(53-24-5-2)19-20-39(37)56-44(40,42(36)41)54-25-6-3/h5-6,13-14,17-20,26-27,31-32,35,40-42,48-49H,2-4,7-12,15-16,21-25,28-29H2,1H3/t32-,35+,40-,41+,42+,44+/m0/s1. The number of benzene rings is 2. The van der Waals surface area contributed by atoms with Gasteiger partial charge < -0.3 is 34.2 Å². The highest BCUT2D eigenvalue weighted by Crippen LogP contribution is 2.62. The summed E-state index contributed by atoms with van der Waals surface area (Å²) in [6, 6.07) is 11.6. The lowest BCUT2D eigenvalue weighted by molar-refractivity contribution is -0.384. The number of amides is 1. The Bertz CT molecular complexity index is 1760. The van der Waals surface area contributed by atoms with Gasteiger partial charge in [-0.05, 0) is 98.2 Å². The van der Waals surface area contributed by atoms with Gasteiger partial charge in [0.1, 0.15) is 30.8 Å². The molecule has 3 aliphatic carbocycles. The number of rotatable bonds is 22. The van der Waals surface area contributed by atoms with E-state index in [0.29, 0.717) is 49.6 Å². The van der Waals surface area contributed by atoms with Gasteiger partial charge >= 0.3 is 0 Å². The number of aliphatic hydroxyl groups is 2. The molecule has 0 aromatic heterocycles. The summed E-state index contributed by atoms with van der Waals surface area (Å²) in [6.07, 6.45) is 13.2. The number of fused-ring (bicyclic) bond motifs is 2. The van der Waals surface area contributed by atoms with E-state index >= 15 is 0 Å². The molecule has 4 aliphatic rings. The minimum absolute atomic E-state index is 0.00258. The van der Waals surface area contributed by atoms with Crippen molar-refractivity contribution in [1.29, 1.82) is 0 Å². The van der Waals surface area contributed by atoms with E-state index in [1.165, 1.54) is 12.1 Å². The molecule has 0 bridgehead atoms. The number of unbranched alkanes of at least 4 members (excludes halogenated alkanes) is 2. The molecule has 2 N–H and O–H groups in total. The molecule has 1 amide bonds. The molecule has 0 radical (unpaired) electrons. The lowest BCUT2D eigenvalue weighted by atomic mass is 9.55. The number of ether oxygens (including phenoxy) is 3. The zero-order valence-corrected chi connectivity index (χ0v) is 32.6. The van der Waals surface area contributed by atoms with Gasteiger partial charge in [-0.1, -0.05) is 49.7 Å². The first kappa shape index (κ1) is 41.1. The predicted octanol–water partition coefficient (Wildman–Crippen LogP) is 7.64. The van der Waals surface area contributed by atoms with Crippen LogP contribution in [0.5, 0.6) is 11.5 Å². The molecule has 1 aliphatic heterocycles. The van der Waals surface area contributed by atoms with E-state index in [-0.39, 0.29) is 61.7 Å². The highest BCUT2D eigenvalue weighted by Gasteiger charge is 2.65. The maximum absolute atomic E-state index is 14.3. The summed E-state index contributed by atoms with van der Waals surface area (Å²) in [7, 11) is 0. The first-order valence-corrected chi connectivity index (χ1v) is 20.3. The lowest BCUT2D eigenvalue weighted by Crippen LogP contribution is -2.70. The van der Waals surface area contributed by atoms with Crippen LogP contribution in [0.25, 0.3) is 0 Å². The Morgan fingerprint density at radius 3 is 2.45 bits per heavy atom. The van der Waals surface area contributed by atoms with Gasteiger partial charge in [-0.15, -0.1) is 6.58 Å². The Hall–Kier alpha value is -4.52. The molecule has 0 saturated heterocycles. The molecule has 2 aromatic carbocycles. The van der Waals surface area contributed by atoms with Gasteiger partial charge in [-0.2, -0.15) is 0 Å². The predicted molar refractivity (Wildman–Crippen MR) is 213 cm³/mol. The van der Waals surface area contributed by atoms with Crippen molar-refractivity contribution in [3.05, 3.63) is 101 Å². The van der Waals surface area contributed by atoms with Crippen LogP contribution in [-0.2, 0) is 21.0 Å². The molecule has 12 nitrogen and oxygen atoms in total. The topological polar surface area (TPSA) is 153 Å². The number of aliphatic hydroxyl groups excluding tert-OH is 2. The second-order valence-electron chi connectivity index (χ2n) is 15.4. The third-order valence-corrected chi connectivity index (χ3v) is 11.6. The summed E-state index contributed by atoms with van der Waals surface area (Å²) in [5.41, 5.74) is 3.38. The Morgan fingerprint density at radius 2 is 1.79 bits per heavy atom. The number of oxime groups is 1. The third-order valence-electron chi connectivity index (χ3n) is 11.6. The van der Waals surface area contributed by atoms with Crippen molar-refractivity contribution in [2.24, 2.45) is 28.8 Å². The van der Waals surface area contributed by atoms with E-state index in [4.69, 9.17) is 24.2 Å². The fourth-order valence-electron chi connectivity index (χ4n) is 9.02. The molecular formula is C44H57N3O9. The summed E-state index contributed by atoms with van der Waals surface area (Å²) in [6.45, 7) is 11.3. The molecule has 6 rings (SSSR count). The zero-order chi connectivity index (χ0) is 39.7. The third kappa shape index (κ3) is 8.87. The molecule has 12 heteroatoms. The first-order valence-electron chi connectivity index (χ1n) is 20.3. The Morgan fingerprint density at radius 1 is 1.05 bits per heavy atom. The van der Waals surface area contributed by atoms with E-state index in [1.807, 2.05) is 17.0 Å². The van der Waals surface area contributed by atoms with Crippen LogP contribution in [0.3, 0.4) is 0 Å². The largest absolute Gasteiger partial charge is 0.490 e. The molecule has 302 valence electrons. The summed E-state index contributed by atoms with van der Waals surface area (Å²) >= 11 is 0. The number of carbonyl (C=O) groups excluding carboxylic acids is 1. The fourth-order valence-corrected chi connectivity index (χ4v) is 9.02. The maximum atomic E-state index is 14.3. The number of nitro benzene ring substituents is 1. The van der Waals surface area contributed by atoms with Crippen molar-refractivity contribution in [1.82, 2.24) is 4.90 Å². The van der Waals surface area contributed by atoms with Gasteiger partial charge in [0.05, 0.1) is 23.2 Å². The lowest BCUT2D eigenvalue weighted by Gasteiger charge is -2.60. The molecule has 6 atom stereocenters. The van der Waals surface area contributed by atoms with E-state index in [1.54, 1.807) is 24.3 Å². The van der Waals surface area contributed by atoms with Crippen molar-refractivity contribution < 1.29 is 39.0 Å². The second-order valence-corrected chi connectivity index (χ2v) is 15.4. The van der Waals surface area contributed by atoms with Gasteiger partial charge in [-0.25, -0.2) is 0 Å². The summed E-state index contributed by atoms with van der Waals surface area (Å²) in [4.78, 5) is 33.3. The Labute approximate surface area is 330 Å². The molecule has 1 heterocycles. The number of nitro groups is 1. The van der Waals surface area contributed by atoms with Crippen molar-refractivity contribution in [3.63, 3.8) is 0 Å². The Balaban J connectivity index is 1.54. The maximum Gasteiger partial charge on any atom is 0.269 e. The van der Waals surface area contributed by atoms with E-state index in [2.05, 4.69) is 32.2 Å². The minimum atomic E-state index is -1.30. The van der Waals surface area contributed by atoms with Gasteiger partial charge in [-0.3, -0.25) is 14.9 Å². The van der Waals surface area contributed by atoms with Crippen LogP contribution in [0.2, 0.25) is 0 Å². The number of allylic oxidation sites excluding steroid dienone is 1. The summed E-state index contributed by atoms with van der Waals surface area (Å²) < 4.78 is 20.4. The van der Waals surface area contributed by atoms with Crippen LogP contribution in [0.1, 0.15) is 88.2 Å². The summed E-state index contributed by atoms with van der Waals surface area (Å²) in [5.74, 6) is -0.264. The molecule has 2 saturated carbocycles. The quantitative estimate of drug-likeness (QED) is 0.0532. The fraction of sp³-hybridized carbons (Fsp3) is 0.545. The SMILES string of the molecule is C=CCOc1ccc2c(c1)[C@H]1[C@H](CCCCO)[C@@H](CCCCO)C=C3C(=NOCc4ccc([N+](=O)[O-])cc4)C[C@H](N(CCC)C(=O)C4CC4)[C@@](OCC=C)(O2)[C@H]31.